The van der Waals surface area contributed by atoms with E-state index in [0.29, 0.717) is 24.4 Å². The summed E-state index contributed by atoms with van der Waals surface area (Å²) in [7, 11) is 1.91. The number of amides is 1. The number of ether oxygens (including phenoxy) is 1. The Kier molecular flexibility index (Phi) is 4.57. The van der Waals surface area contributed by atoms with Crippen LogP contribution in [0, 0.1) is 11.8 Å². The molecule has 4 rings (SSSR count). The van der Waals surface area contributed by atoms with E-state index in [1.54, 1.807) is 6.20 Å². The van der Waals surface area contributed by atoms with Crippen LogP contribution in [-0.2, 0) is 29.4 Å². The molecule has 0 spiro atoms. The fourth-order valence-corrected chi connectivity index (χ4v) is 4.32. The van der Waals surface area contributed by atoms with Crippen LogP contribution in [-0.4, -0.2) is 34.4 Å². The number of hydrogen-bond donors (Lipinski definition) is 1. The van der Waals surface area contributed by atoms with Gasteiger partial charge in [-0.2, -0.15) is 5.10 Å². The van der Waals surface area contributed by atoms with Gasteiger partial charge in [0.1, 0.15) is 0 Å². The minimum Gasteiger partial charge on any atom is -0.377 e. The van der Waals surface area contributed by atoms with Crippen LogP contribution in [0.25, 0.3) is 0 Å². The number of aryl methyl sites for hydroxylation is 2. The molecule has 1 aromatic heterocycles. The van der Waals surface area contributed by atoms with Gasteiger partial charge in [-0.05, 0) is 30.9 Å². The summed E-state index contributed by atoms with van der Waals surface area (Å²) in [4.78, 5) is 12.5. The van der Waals surface area contributed by atoms with Gasteiger partial charge in [0.25, 0.3) is 0 Å². The Balaban J connectivity index is 1.36. The van der Waals surface area contributed by atoms with Crippen molar-refractivity contribution < 1.29 is 9.53 Å². The van der Waals surface area contributed by atoms with E-state index in [-0.39, 0.29) is 11.9 Å². The first-order valence-corrected chi connectivity index (χ1v) is 9.14. The highest BCUT2D eigenvalue weighted by molar-refractivity contribution is 5.76. The third kappa shape index (κ3) is 3.33. The molecule has 132 valence electrons. The van der Waals surface area contributed by atoms with E-state index >= 15 is 0 Å². The molecular formula is C20H25N3O2. The molecule has 0 bridgehead atoms. The van der Waals surface area contributed by atoms with Gasteiger partial charge in [-0.3, -0.25) is 9.48 Å². The predicted molar refractivity (Wildman–Crippen MR) is 94.9 cm³/mol. The Bertz CT molecular complexity index is 728. The number of nitrogens with one attached hydrogen (secondary N) is 1. The van der Waals surface area contributed by atoms with Crippen LogP contribution in [0.5, 0.6) is 0 Å². The zero-order valence-corrected chi connectivity index (χ0v) is 14.6. The second-order valence-electron chi connectivity index (χ2n) is 7.18. The maximum absolute atomic E-state index is 12.5. The monoisotopic (exact) mass is 339 g/mol. The van der Waals surface area contributed by atoms with E-state index in [9.17, 15) is 4.79 Å². The third-order valence-electron chi connectivity index (χ3n) is 5.70. The summed E-state index contributed by atoms with van der Waals surface area (Å²) < 4.78 is 7.75. The van der Waals surface area contributed by atoms with Gasteiger partial charge >= 0.3 is 0 Å². The fraction of sp³-hybridized carbons (Fsp3) is 0.500. The molecule has 5 heteroatoms. The second kappa shape index (κ2) is 7.00. The van der Waals surface area contributed by atoms with Gasteiger partial charge in [-0.15, -0.1) is 0 Å². The van der Waals surface area contributed by atoms with Gasteiger partial charge in [0.05, 0.1) is 6.10 Å². The van der Waals surface area contributed by atoms with Crippen molar-refractivity contribution in [3.63, 3.8) is 0 Å². The first-order chi connectivity index (χ1) is 12.2. The molecule has 1 aromatic carbocycles. The first kappa shape index (κ1) is 16.3. The summed E-state index contributed by atoms with van der Waals surface area (Å²) in [5.74, 6) is 1.000. The molecule has 4 atom stereocenters. The highest BCUT2D eigenvalue weighted by Crippen LogP contribution is 2.45. The minimum atomic E-state index is 0.134. The molecule has 2 aromatic rings. The Hall–Kier alpha value is -2.14. The van der Waals surface area contributed by atoms with Gasteiger partial charge in [0.2, 0.25) is 5.91 Å². The second-order valence-corrected chi connectivity index (χ2v) is 7.18. The number of nitrogens with zero attached hydrogens (tertiary/aromatic N) is 2. The summed E-state index contributed by atoms with van der Waals surface area (Å²) >= 11 is 0. The van der Waals surface area contributed by atoms with Gasteiger partial charge in [0.15, 0.2) is 0 Å². The quantitative estimate of drug-likeness (QED) is 0.877. The maximum Gasteiger partial charge on any atom is 0.220 e. The number of benzene rings is 1. The Morgan fingerprint density at radius 1 is 1.32 bits per heavy atom. The van der Waals surface area contributed by atoms with Crippen LogP contribution in [0.15, 0.2) is 42.6 Å². The SMILES string of the molecule is Cn1nccc1CCC(=O)N[C@@H]1[C@@H](Cc2ccccc2)[C@H]2OCC[C@@H]12. The van der Waals surface area contributed by atoms with Crippen molar-refractivity contribution in [2.24, 2.45) is 18.9 Å². The number of hydrogen-bond acceptors (Lipinski definition) is 3. The molecule has 1 saturated carbocycles. The van der Waals surface area contributed by atoms with E-state index in [4.69, 9.17) is 4.74 Å². The van der Waals surface area contributed by atoms with Crippen LogP contribution in [0.3, 0.4) is 0 Å². The van der Waals surface area contributed by atoms with Gasteiger partial charge in [-0.1, -0.05) is 30.3 Å². The molecule has 5 nitrogen and oxygen atoms in total. The number of carbonyl (C=O) groups is 1. The smallest absolute Gasteiger partial charge is 0.220 e. The molecule has 1 N–H and O–H groups in total. The normalized spacial score (nSPS) is 27.6. The van der Waals surface area contributed by atoms with Crippen LogP contribution >= 0.6 is 0 Å². The molecular weight excluding hydrogens is 314 g/mol. The van der Waals surface area contributed by atoms with Crippen molar-refractivity contribution >= 4 is 5.91 Å². The van der Waals surface area contributed by atoms with E-state index in [0.717, 1.165) is 31.6 Å². The van der Waals surface area contributed by atoms with Crippen molar-refractivity contribution in [2.75, 3.05) is 6.61 Å². The van der Waals surface area contributed by atoms with Gasteiger partial charge in [0, 0.05) is 49.8 Å². The highest BCUT2D eigenvalue weighted by atomic mass is 16.5. The number of aromatic nitrogens is 2. The average molecular weight is 339 g/mol. The first-order valence-electron chi connectivity index (χ1n) is 9.14. The lowest BCUT2D eigenvalue weighted by Crippen LogP contribution is -2.62. The molecule has 1 saturated heterocycles. The van der Waals surface area contributed by atoms with Gasteiger partial charge in [-0.25, -0.2) is 0 Å². The summed E-state index contributed by atoms with van der Waals surface area (Å²) in [5.41, 5.74) is 2.40. The summed E-state index contributed by atoms with van der Waals surface area (Å²) in [6.07, 6.45) is 5.34. The molecule has 2 fully saturated rings. The van der Waals surface area contributed by atoms with Crippen molar-refractivity contribution in [1.82, 2.24) is 15.1 Å². The molecule has 1 aliphatic carbocycles. The lowest BCUT2D eigenvalue weighted by atomic mass is 9.64. The predicted octanol–water partition coefficient (Wildman–Crippen LogP) is 2.12. The molecule has 0 unspecified atom stereocenters. The third-order valence-corrected chi connectivity index (χ3v) is 5.70. The molecule has 2 aliphatic rings. The van der Waals surface area contributed by atoms with E-state index in [1.807, 2.05) is 23.9 Å². The fourth-order valence-electron chi connectivity index (χ4n) is 4.32. The highest BCUT2D eigenvalue weighted by Gasteiger charge is 2.53. The van der Waals surface area contributed by atoms with Crippen molar-refractivity contribution in [3.05, 3.63) is 53.9 Å². The number of carbonyl (C=O) groups excluding carboxylic acids is 1. The van der Waals surface area contributed by atoms with E-state index < -0.39 is 0 Å². The Morgan fingerprint density at radius 2 is 2.16 bits per heavy atom. The van der Waals surface area contributed by atoms with Crippen LogP contribution in [0.4, 0.5) is 0 Å². The lowest BCUT2D eigenvalue weighted by molar-refractivity contribution is -0.127. The number of rotatable bonds is 6. The summed E-state index contributed by atoms with van der Waals surface area (Å²) in [6, 6.07) is 12.7. The molecule has 1 aliphatic heterocycles. The lowest BCUT2D eigenvalue weighted by Gasteiger charge is -2.48. The Morgan fingerprint density at radius 3 is 2.92 bits per heavy atom. The molecule has 2 heterocycles. The minimum absolute atomic E-state index is 0.134. The zero-order chi connectivity index (χ0) is 17.2. The standard InChI is InChI=1S/C20H25N3O2/c1-23-15(9-11-21-23)7-8-18(24)22-19-16-10-12-25-20(16)17(19)13-14-5-3-2-4-6-14/h2-6,9,11,16-17,19-20H,7-8,10,12-13H2,1H3,(H,22,24)/t16-,17+,19-,20-/m0/s1. The van der Waals surface area contributed by atoms with Crippen molar-refractivity contribution in [1.29, 1.82) is 0 Å². The Labute approximate surface area is 148 Å². The van der Waals surface area contributed by atoms with Crippen molar-refractivity contribution in [3.8, 4) is 0 Å². The largest absolute Gasteiger partial charge is 0.377 e. The zero-order valence-electron chi connectivity index (χ0n) is 14.6. The van der Waals surface area contributed by atoms with Crippen molar-refractivity contribution in [2.45, 2.75) is 37.8 Å². The molecule has 1 amide bonds. The average Bonchev–Trinajstić information content (AvgIpc) is 3.23. The summed E-state index contributed by atoms with van der Waals surface area (Å²) in [6.45, 7) is 0.821. The van der Waals surface area contributed by atoms with Crippen LogP contribution in [0.2, 0.25) is 0 Å². The maximum atomic E-state index is 12.5. The van der Waals surface area contributed by atoms with E-state index in [1.165, 1.54) is 5.56 Å². The number of fused-ring (bicyclic) bond motifs is 1. The molecule has 0 radical (unpaired) electrons. The van der Waals surface area contributed by atoms with Gasteiger partial charge < -0.3 is 10.1 Å². The summed E-state index contributed by atoms with van der Waals surface area (Å²) in [5, 5.41) is 7.45. The topological polar surface area (TPSA) is 56.2 Å². The van der Waals surface area contributed by atoms with Crippen LogP contribution < -0.4 is 5.32 Å². The van der Waals surface area contributed by atoms with E-state index in [2.05, 4.69) is 34.7 Å². The van der Waals surface area contributed by atoms with Crippen LogP contribution in [0.1, 0.15) is 24.1 Å². The molecule has 25 heavy (non-hydrogen) atoms.